The topological polar surface area (TPSA) is 42.7 Å². The highest BCUT2D eigenvalue weighted by Crippen LogP contribution is 2.11. The Bertz CT molecular complexity index is 464. The number of nitrogens with zero attached hydrogens (tertiary/aromatic N) is 3. The second kappa shape index (κ2) is 5.93. The lowest BCUT2D eigenvalue weighted by molar-refractivity contribution is 0.648. The summed E-state index contributed by atoms with van der Waals surface area (Å²) in [6, 6.07) is 8.23. The van der Waals surface area contributed by atoms with Gasteiger partial charge in [-0.05, 0) is 24.2 Å². The van der Waals surface area contributed by atoms with Crippen LogP contribution in [0.25, 0.3) is 0 Å². The zero-order chi connectivity index (χ0) is 12.1. The molecule has 1 heterocycles. The van der Waals surface area contributed by atoms with Crippen LogP contribution in [0.15, 0.2) is 34.9 Å². The van der Waals surface area contributed by atoms with E-state index in [1.807, 2.05) is 23.0 Å². The van der Waals surface area contributed by atoms with Gasteiger partial charge in [0.05, 0.1) is 18.4 Å². The SMILES string of the molecule is CCNCc1cn(Cc2ccc(Br)cc2)nn1. The summed E-state index contributed by atoms with van der Waals surface area (Å²) >= 11 is 3.42. The van der Waals surface area contributed by atoms with Crippen molar-refractivity contribution in [3.05, 3.63) is 46.2 Å². The molecular formula is C12H15BrN4. The van der Waals surface area contributed by atoms with E-state index in [-0.39, 0.29) is 0 Å². The summed E-state index contributed by atoms with van der Waals surface area (Å²) in [7, 11) is 0. The van der Waals surface area contributed by atoms with Gasteiger partial charge >= 0.3 is 0 Å². The van der Waals surface area contributed by atoms with Gasteiger partial charge in [0.15, 0.2) is 0 Å². The summed E-state index contributed by atoms with van der Waals surface area (Å²) in [5, 5.41) is 11.4. The predicted molar refractivity (Wildman–Crippen MR) is 70.6 cm³/mol. The highest BCUT2D eigenvalue weighted by molar-refractivity contribution is 9.10. The second-order valence-electron chi connectivity index (χ2n) is 3.81. The first-order valence-electron chi connectivity index (χ1n) is 5.62. The number of halogens is 1. The third-order valence-electron chi connectivity index (χ3n) is 2.40. The first-order valence-corrected chi connectivity index (χ1v) is 6.41. The van der Waals surface area contributed by atoms with Crippen LogP contribution in [0.1, 0.15) is 18.2 Å². The molecule has 0 amide bonds. The van der Waals surface area contributed by atoms with Gasteiger partial charge in [-0.25, -0.2) is 4.68 Å². The van der Waals surface area contributed by atoms with Crippen LogP contribution in [0.5, 0.6) is 0 Å². The average molecular weight is 295 g/mol. The van der Waals surface area contributed by atoms with Gasteiger partial charge in [0.25, 0.3) is 0 Å². The van der Waals surface area contributed by atoms with Gasteiger partial charge in [-0.2, -0.15) is 0 Å². The Labute approximate surface area is 109 Å². The summed E-state index contributed by atoms with van der Waals surface area (Å²) in [5.74, 6) is 0. The Hall–Kier alpha value is -1.20. The first-order chi connectivity index (χ1) is 8.28. The molecule has 0 spiro atoms. The predicted octanol–water partition coefficient (Wildman–Crippen LogP) is 2.20. The van der Waals surface area contributed by atoms with Crippen molar-refractivity contribution < 1.29 is 0 Å². The molecule has 1 aromatic heterocycles. The molecule has 2 aromatic rings. The van der Waals surface area contributed by atoms with Gasteiger partial charge in [0.1, 0.15) is 0 Å². The van der Waals surface area contributed by atoms with Crippen molar-refractivity contribution in [1.29, 1.82) is 0 Å². The van der Waals surface area contributed by atoms with E-state index in [1.165, 1.54) is 5.56 Å². The van der Waals surface area contributed by atoms with Gasteiger partial charge < -0.3 is 5.32 Å². The fourth-order valence-electron chi connectivity index (χ4n) is 1.53. The number of benzene rings is 1. The first kappa shape index (κ1) is 12.3. The maximum absolute atomic E-state index is 4.11. The standard InChI is InChI=1S/C12H15BrN4/c1-2-14-7-12-9-17(16-15-12)8-10-3-5-11(13)6-4-10/h3-6,9,14H,2,7-8H2,1H3. The van der Waals surface area contributed by atoms with Crippen molar-refractivity contribution in [1.82, 2.24) is 20.3 Å². The summed E-state index contributed by atoms with van der Waals surface area (Å²) in [5.41, 5.74) is 2.19. The van der Waals surface area contributed by atoms with Crippen LogP contribution in [0.2, 0.25) is 0 Å². The Morgan fingerprint density at radius 3 is 2.76 bits per heavy atom. The third kappa shape index (κ3) is 3.64. The normalized spacial score (nSPS) is 10.7. The Morgan fingerprint density at radius 2 is 2.06 bits per heavy atom. The van der Waals surface area contributed by atoms with E-state index in [4.69, 9.17) is 0 Å². The Balaban J connectivity index is 1.98. The van der Waals surface area contributed by atoms with E-state index < -0.39 is 0 Å². The van der Waals surface area contributed by atoms with Gasteiger partial charge in [0.2, 0.25) is 0 Å². The molecule has 0 saturated heterocycles. The van der Waals surface area contributed by atoms with Crippen LogP contribution < -0.4 is 5.32 Å². The largest absolute Gasteiger partial charge is 0.311 e. The second-order valence-corrected chi connectivity index (χ2v) is 4.73. The smallest absolute Gasteiger partial charge is 0.0964 e. The number of hydrogen-bond donors (Lipinski definition) is 1. The zero-order valence-electron chi connectivity index (χ0n) is 9.73. The quantitative estimate of drug-likeness (QED) is 0.919. The van der Waals surface area contributed by atoms with Crippen molar-refractivity contribution in [3.8, 4) is 0 Å². The molecule has 0 bridgehead atoms. The van der Waals surface area contributed by atoms with Crippen molar-refractivity contribution in [2.75, 3.05) is 6.54 Å². The van der Waals surface area contributed by atoms with E-state index in [0.717, 1.165) is 29.8 Å². The minimum absolute atomic E-state index is 0.756. The minimum atomic E-state index is 0.756. The molecular weight excluding hydrogens is 280 g/mol. The highest BCUT2D eigenvalue weighted by atomic mass is 79.9. The molecule has 0 aliphatic carbocycles. The van der Waals surface area contributed by atoms with Crippen molar-refractivity contribution in [2.24, 2.45) is 0 Å². The molecule has 17 heavy (non-hydrogen) atoms. The molecule has 0 aliphatic rings. The molecule has 0 radical (unpaired) electrons. The van der Waals surface area contributed by atoms with Crippen molar-refractivity contribution >= 4 is 15.9 Å². The Kier molecular flexibility index (Phi) is 4.28. The maximum atomic E-state index is 4.11. The molecule has 5 heteroatoms. The van der Waals surface area contributed by atoms with E-state index in [9.17, 15) is 0 Å². The highest BCUT2D eigenvalue weighted by Gasteiger charge is 2.00. The lowest BCUT2D eigenvalue weighted by atomic mass is 10.2. The summed E-state index contributed by atoms with van der Waals surface area (Å²) in [6.07, 6.45) is 1.98. The molecule has 4 nitrogen and oxygen atoms in total. The molecule has 2 rings (SSSR count). The molecule has 0 unspecified atom stereocenters. The molecule has 1 N–H and O–H groups in total. The number of rotatable bonds is 5. The van der Waals surface area contributed by atoms with Crippen LogP contribution in [0, 0.1) is 0 Å². The molecule has 0 saturated carbocycles. The van der Waals surface area contributed by atoms with Crippen molar-refractivity contribution in [2.45, 2.75) is 20.0 Å². The number of hydrogen-bond acceptors (Lipinski definition) is 3. The fourth-order valence-corrected chi connectivity index (χ4v) is 1.79. The molecule has 0 atom stereocenters. The minimum Gasteiger partial charge on any atom is -0.311 e. The van der Waals surface area contributed by atoms with Crippen molar-refractivity contribution in [3.63, 3.8) is 0 Å². The Morgan fingerprint density at radius 1 is 1.29 bits per heavy atom. The van der Waals surface area contributed by atoms with Crippen LogP contribution in [-0.2, 0) is 13.1 Å². The third-order valence-corrected chi connectivity index (χ3v) is 2.93. The lowest BCUT2D eigenvalue weighted by Gasteiger charge is -2.00. The molecule has 90 valence electrons. The van der Waals surface area contributed by atoms with Crippen LogP contribution >= 0.6 is 15.9 Å². The van der Waals surface area contributed by atoms with E-state index in [0.29, 0.717) is 0 Å². The zero-order valence-corrected chi connectivity index (χ0v) is 11.3. The van der Waals surface area contributed by atoms with Gasteiger partial charge in [0, 0.05) is 11.0 Å². The maximum Gasteiger partial charge on any atom is 0.0964 e. The van der Waals surface area contributed by atoms with Gasteiger partial charge in [-0.3, -0.25) is 0 Å². The molecule has 0 aliphatic heterocycles. The molecule has 1 aromatic carbocycles. The van der Waals surface area contributed by atoms with E-state index in [1.54, 1.807) is 0 Å². The van der Waals surface area contributed by atoms with E-state index >= 15 is 0 Å². The van der Waals surface area contributed by atoms with Crippen LogP contribution in [-0.4, -0.2) is 21.5 Å². The number of nitrogens with one attached hydrogen (secondary N) is 1. The van der Waals surface area contributed by atoms with Gasteiger partial charge in [-0.1, -0.05) is 40.2 Å². The summed E-state index contributed by atoms with van der Waals surface area (Å²) in [4.78, 5) is 0. The molecule has 0 fully saturated rings. The average Bonchev–Trinajstić information content (AvgIpc) is 2.77. The van der Waals surface area contributed by atoms with E-state index in [2.05, 4.69) is 50.6 Å². The monoisotopic (exact) mass is 294 g/mol. The summed E-state index contributed by atoms with van der Waals surface area (Å²) < 4.78 is 2.95. The summed E-state index contributed by atoms with van der Waals surface area (Å²) in [6.45, 7) is 4.55. The van der Waals surface area contributed by atoms with Gasteiger partial charge in [-0.15, -0.1) is 5.10 Å². The number of aromatic nitrogens is 3. The van der Waals surface area contributed by atoms with Crippen LogP contribution in [0.4, 0.5) is 0 Å². The fraction of sp³-hybridized carbons (Fsp3) is 0.333. The van der Waals surface area contributed by atoms with Crippen LogP contribution in [0.3, 0.4) is 0 Å². The lowest BCUT2D eigenvalue weighted by Crippen LogP contribution is -2.11.